The number of nitrogens with two attached hydrogens (primary N) is 1. The molecule has 0 saturated carbocycles. The summed E-state index contributed by atoms with van der Waals surface area (Å²) in [5.41, 5.74) is 6.47. The Morgan fingerprint density at radius 2 is 1.77 bits per heavy atom. The van der Waals surface area contributed by atoms with Crippen LogP contribution in [-0.2, 0) is 9.59 Å². The number of amides is 1. The average Bonchev–Trinajstić information content (AvgIpc) is 2.45. The summed E-state index contributed by atoms with van der Waals surface area (Å²) in [5.74, 6) is 0.00213. The van der Waals surface area contributed by atoms with E-state index in [1.54, 1.807) is 12.2 Å². The predicted molar refractivity (Wildman–Crippen MR) is 90.2 cm³/mol. The van der Waals surface area contributed by atoms with Gasteiger partial charge in [0.1, 0.15) is 0 Å². The van der Waals surface area contributed by atoms with E-state index in [-0.39, 0.29) is 23.7 Å². The molecule has 1 atom stereocenters. The highest BCUT2D eigenvalue weighted by Crippen LogP contribution is 2.06. The van der Waals surface area contributed by atoms with Crippen molar-refractivity contribution in [2.24, 2.45) is 11.7 Å². The van der Waals surface area contributed by atoms with Crippen molar-refractivity contribution in [1.29, 1.82) is 0 Å². The number of nitrogens with one attached hydrogen (secondary N) is 1. The van der Waals surface area contributed by atoms with Crippen molar-refractivity contribution in [3.63, 3.8) is 0 Å². The molecule has 0 bridgehead atoms. The van der Waals surface area contributed by atoms with Gasteiger partial charge in [-0.1, -0.05) is 44.2 Å². The summed E-state index contributed by atoms with van der Waals surface area (Å²) in [6, 6.07) is -0.385. The van der Waals surface area contributed by atoms with Gasteiger partial charge in [0.25, 0.3) is 5.91 Å². The van der Waals surface area contributed by atoms with Crippen molar-refractivity contribution >= 4 is 11.7 Å². The van der Waals surface area contributed by atoms with E-state index in [0.717, 1.165) is 12.8 Å². The molecule has 4 heteroatoms. The zero-order chi connectivity index (χ0) is 16.4. The van der Waals surface area contributed by atoms with Crippen LogP contribution < -0.4 is 11.1 Å². The molecule has 0 radical (unpaired) electrons. The first kappa shape index (κ1) is 18.1. The minimum absolute atomic E-state index is 0.0187. The highest BCUT2D eigenvalue weighted by Gasteiger charge is 2.16. The molecule has 0 aromatic heterocycles. The predicted octanol–water partition coefficient (Wildman–Crippen LogP) is 2.43. The third-order valence-electron chi connectivity index (χ3n) is 3.42. The van der Waals surface area contributed by atoms with Gasteiger partial charge in [-0.3, -0.25) is 9.59 Å². The second kappa shape index (κ2) is 9.90. The van der Waals surface area contributed by atoms with Crippen LogP contribution in [0.4, 0.5) is 0 Å². The van der Waals surface area contributed by atoms with Gasteiger partial charge in [-0.25, -0.2) is 0 Å². The fourth-order valence-electron chi connectivity index (χ4n) is 2.08. The maximum Gasteiger partial charge on any atom is 0.251 e. The third kappa shape index (κ3) is 6.68. The molecule has 0 saturated heterocycles. The smallest absolute Gasteiger partial charge is 0.251 e. The minimum Gasteiger partial charge on any atom is -0.352 e. The lowest BCUT2D eigenvalue weighted by Gasteiger charge is -2.13. The summed E-state index contributed by atoms with van der Waals surface area (Å²) in [6.07, 6.45) is 15.2. The van der Waals surface area contributed by atoms with Gasteiger partial charge in [0, 0.05) is 18.0 Å². The summed E-state index contributed by atoms with van der Waals surface area (Å²) in [5, 5.41) is 2.88. The Kier molecular flexibility index (Phi) is 8.15. The van der Waals surface area contributed by atoms with Gasteiger partial charge in [0.15, 0.2) is 5.78 Å². The number of unbranched alkanes of at least 4 members (excludes halogenated alkanes) is 1. The van der Waals surface area contributed by atoms with E-state index < -0.39 is 0 Å². The van der Waals surface area contributed by atoms with E-state index in [0.29, 0.717) is 18.5 Å². The van der Waals surface area contributed by atoms with Crippen LogP contribution in [0.5, 0.6) is 0 Å². The molecule has 0 heterocycles. The zero-order valence-corrected chi connectivity index (χ0v) is 13.4. The summed E-state index contributed by atoms with van der Waals surface area (Å²) < 4.78 is 0. The summed E-state index contributed by atoms with van der Waals surface area (Å²) in [6.45, 7) is 4.32. The summed E-state index contributed by atoms with van der Waals surface area (Å²) in [4.78, 5) is 23.7. The van der Waals surface area contributed by atoms with E-state index in [9.17, 15) is 9.59 Å². The number of carbonyl (C=O) groups is 2. The number of carbonyl (C=O) groups excluding carboxylic acids is 2. The Bertz CT molecular complexity index is 499. The van der Waals surface area contributed by atoms with Crippen LogP contribution in [-0.4, -0.2) is 24.3 Å². The monoisotopic (exact) mass is 302 g/mol. The lowest BCUT2D eigenvalue weighted by Crippen LogP contribution is -2.34. The topological polar surface area (TPSA) is 72.2 Å². The third-order valence-corrected chi connectivity index (χ3v) is 3.42. The van der Waals surface area contributed by atoms with Crippen LogP contribution in [0.25, 0.3) is 0 Å². The van der Waals surface area contributed by atoms with E-state index in [1.807, 2.05) is 44.2 Å². The van der Waals surface area contributed by atoms with Crippen molar-refractivity contribution < 1.29 is 9.59 Å². The molecule has 1 unspecified atom stereocenters. The maximum atomic E-state index is 12.0. The molecule has 1 aliphatic carbocycles. The van der Waals surface area contributed by atoms with Crippen molar-refractivity contribution in [2.45, 2.75) is 39.2 Å². The van der Waals surface area contributed by atoms with E-state index >= 15 is 0 Å². The normalized spacial score (nSPS) is 21.9. The first-order valence-corrected chi connectivity index (χ1v) is 7.81. The molecule has 0 aliphatic heterocycles. The zero-order valence-electron chi connectivity index (χ0n) is 13.4. The highest BCUT2D eigenvalue weighted by atomic mass is 16.1. The SMILES string of the molecule is CC(C)C(=O)C(N)CCCCNC(=O)C1=C/C=C\C=C/C=C\1. The lowest BCUT2D eigenvalue weighted by molar-refractivity contribution is -0.123. The van der Waals surface area contributed by atoms with Crippen LogP contribution in [0.3, 0.4) is 0 Å². The van der Waals surface area contributed by atoms with Gasteiger partial charge < -0.3 is 11.1 Å². The summed E-state index contributed by atoms with van der Waals surface area (Å²) in [7, 11) is 0. The largest absolute Gasteiger partial charge is 0.352 e. The second-order valence-electron chi connectivity index (χ2n) is 5.67. The maximum absolute atomic E-state index is 12.0. The molecular weight excluding hydrogens is 276 g/mol. The molecule has 1 rings (SSSR count). The number of allylic oxidation sites excluding steroid dienone is 6. The first-order valence-electron chi connectivity index (χ1n) is 7.81. The molecule has 1 amide bonds. The molecule has 120 valence electrons. The van der Waals surface area contributed by atoms with Crippen LogP contribution in [0.15, 0.2) is 48.1 Å². The molecule has 4 nitrogen and oxygen atoms in total. The van der Waals surface area contributed by atoms with E-state index in [2.05, 4.69) is 5.32 Å². The molecule has 0 spiro atoms. The highest BCUT2D eigenvalue weighted by molar-refractivity contribution is 5.96. The second-order valence-corrected chi connectivity index (χ2v) is 5.67. The van der Waals surface area contributed by atoms with Crippen LogP contribution >= 0.6 is 0 Å². The number of Topliss-reactive ketones (excluding diaryl/α,β-unsaturated/α-hetero) is 1. The number of hydrogen-bond acceptors (Lipinski definition) is 3. The fraction of sp³-hybridized carbons (Fsp3) is 0.444. The molecule has 1 aliphatic rings. The quantitative estimate of drug-likeness (QED) is 0.676. The fourth-order valence-corrected chi connectivity index (χ4v) is 2.08. The molecular formula is C18H26N2O2. The Hall–Kier alpha value is -1.94. The Morgan fingerprint density at radius 3 is 2.50 bits per heavy atom. The van der Waals surface area contributed by atoms with Crippen LogP contribution in [0.1, 0.15) is 33.1 Å². The van der Waals surface area contributed by atoms with Crippen LogP contribution in [0, 0.1) is 5.92 Å². The van der Waals surface area contributed by atoms with Gasteiger partial charge in [-0.05, 0) is 31.4 Å². The molecule has 0 aromatic carbocycles. The van der Waals surface area contributed by atoms with Gasteiger partial charge in [-0.2, -0.15) is 0 Å². The summed E-state index contributed by atoms with van der Waals surface area (Å²) >= 11 is 0. The van der Waals surface area contributed by atoms with Gasteiger partial charge in [0.2, 0.25) is 0 Å². The molecule has 22 heavy (non-hydrogen) atoms. The standard InChI is InChI=1S/C18H26N2O2/c1-14(2)17(21)16(19)12-8-9-13-20-18(22)15-10-6-4-3-5-7-11-15/h3-7,10-11,14,16H,8-9,12-13,19H2,1-2H3,(H,20,22)/b4-3-,5-3?,6-4?,7-5-,10-6-,11-7?,15-10?,15-11+. The van der Waals surface area contributed by atoms with Gasteiger partial charge in [-0.15, -0.1) is 0 Å². The number of hydrogen-bond donors (Lipinski definition) is 2. The van der Waals surface area contributed by atoms with Crippen molar-refractivity contribution in [1.82, 2.24) is 5.32 Å². The van der Waals surface area contributed by atoms with E-state index in [4.69, 9.17) is 5.73 Å². The Labute approximate surface area is 132 Å². The van der Waals surface area contributed by atoms with Crippen molar-refractivity contribution in [3.05, 3.63) is 48.1 Å². The molecule has 0 fully saturated rings. The van der Waals surface area contributed by atoms with Crippen molar-refractivity contribution in [2.75, 3.05) is 6.54 Å². The molecule has 3 N–H and O–H groups in total. The Morgan fingerprint density at radius 1 is 1.09 bits per heavy atom. The van der Waals surface area contributed by atoms with E-state index in [1.165, 1.54) is 0 Å². The minimum atomic E-state index is -0.385. The van der Waals surface area contributed by atoms with Crippen molar-refractivity contribution in [3.8, 4) is 0 Å². The van der Waals surface area contributed by atoms with Gasteiger partial charge >= 0.3 is 0 Å². The lowest BCUT2D eigenvalue weighted by atomic mass is 9.98. The van der Waals surface area contributed by atoms with Gasteiger partial charge in [0.05, 0.1) is 6.04 Å². The average molecular weight is 302 g/mol. The Balaban J connectivity index is 2.24. The number of ketones is 1. The first-order chi connectivity index (χ1) is 10.5. The van der Waals surface area contributed by atoms with Crippen LogP contribution in [0.2, 0.25) is 0 Å². The number of rotatable bonds is 8. The molecule has 0 aromatic rings.